The second kappa shape index (κ2) is 2.99. The van der Waals surface area contributed by atoms with Gasteiger partial charge >= 0.3 is 0 Å². The van der Waals surface area contributed by atoms with Crippen molar-refractivity contribution in [2.75, 3.05) is 0 Å². The van der Waals surface area contributed by atoms with Crippen molar-refractivity contribution in [3.05, 3.63) is 23.5 Å². The van der Waals surface area contributed by atoms with E-state index in [0.29, 0.717) is 22.3 Å². The molecule has 1 N–H and O–H groups in total. The fourth-order valence-electron chi connectivity index (χ4n) is 1.24. The third-order valence-corrected chi connectivity index (χ3v) is 2.08. The predicted molar refractivity (Wildman–Crippen MR) is 51.2 cm³/mol. The molecule has 7 nitrogen and oxygen atoms in total. The monoisotopic (exact) mass is 221 g/mol. The highest BCUT2D eigenvalue weighted by molar-refractivity contribution is 6.29. The van der Waals surface area contributed by atoms with Crippen molar-refractivity contribution >= 4 is 17.2 Å². The minimum absolute atomic E-state index is 0.368. The van der Waals surface area contributed by atoms with E-state index in [0.717, 1.165) is 0 Å². The number of nitrogens with one attached hydrogen (secondary N) is 1. The molecule has 0 saturated heterocycles. The average Bonchev–Trinajstić information content (AvgIpc) is 2.83. The van der Waals surface area contributed by atoms with Crippen molar-refractivity contribution in [2.45, 2.75) is 0 Å². The van der Waals surface area contributed by atoms with Gasteiger partial charge in [-0.1, -0.05) is 11.6 Å². The number of aromatic nitrogens is 7. The smallest absolute Gasteiger partial charge is 0.197 e. The molecule has 0 aliphatic carbocycles. The van der Waals surface area contributed by atoms with E-state index in [1.807, 2.05) is 0 Å². The summed E-state index contributed by atoms with van der Waals surface area (Å²) in [7, 11) is 0. The maximum atomic E-state index is 5.78. The number of hydrogen-bond donors (Lipinski definition) is 1. The zero-order chi connectivity index (χ0) is 10.3. The van der Waals surface area contributed by atoms with Crippen LogP contribution in [0.25, 0.3) is 17.2 Å². The Morgan fingerprint density at radius 2 is 2.20 bits per heavy atom. The molecular weight excluding hydrogens is 218 g/mol. The van der Waals surface area contributed by atoms with Crippen LogP contribution in [0.15, 0.2) is 18.3 Å². The van der Waals surface area contributed by atoms with Crippen LogP contribution in [-0.4, -0.2) is 35.2 Å². The Hall–Kier alpha value is -2.02. The Morgan fingerprint density at radius 3 is 3.00 bits per heavy atom. The van der Waals surface area contributed by atoms with Gasteiger partial charge in [-0.3, -0.25) is 0 Å². The minimum Gasteiger partial charge on any atom is -0.197 e. The van der Waals surface area contributed by atoms with Crippen LogP contribution in [0.3, 0.4) is 0 Å². The molecule has 3 rings (SSSR count). The lowest BCUT2D eigenvalue weighted by atomic mass is 10.4. The molecule has 0 spiro atoms. The molecule has 3 aromatic rings. The van der Waals surface area contributed by atoms with Crippen LogP contribution >= 0.6 is 11.6 Å². The van der Waals surface area contributed by atoms with Gasteiger partial charge in [-0.15, -0.1) is 10.2 Å². The maximum absolute atomic E-state index is 5.78. The molecule has 0 amide bonds. The van der Waals surface area contributed by atoms with E-state index < -0.39 is 0 Å². The second-order valence-electron chi connectivity index (χ2n) is 2.80. The van der Waals surface area contributed by atoms with Crippen LogP contribution in [0.4, 0.5) is 0 Å². The third-order valence-electron chi connectivity index (χ3n) is 1.87. The number of halogens is 1. The van der Waals surface area contributed by atoms with Gasteiger partial charge in [0.2, 0.25) is 5.82 Å². The van der Waals surface area contributed by atoms with Gasteiger partial charge in [0.15, 0.2) is 11.3 Å². The van der Waals surface area contributed by atoms with Gasteiger partial charge in [-0.25, -0.2) is 0 Å². The van der Waals surface area contributed by atoms with Gasteiger partial charge in [0.25, 0.3) is 0 Å². The Labute approximate surface area is 88.1 Å². The highest BCUT2D eigenvalue weighted by atomic mass is 35.5. The molecule has 3 aromatic heterocycles. The third kappa shape index (κ3) is 1.24. The van der Waals surface area contributed by atoms with Gasteiger partial charge in [0, 0.05) is 0 Å². The summed E-state index contributed by atoms with van der Waals surface area (Å²) in [5, 5.41) is 22.4. The zero-order valence-electron chi connectivity index (χ0n) is 7.29. The van der Waals surface area contributed by atoms with Crippen LogP contribution in [0.5, 0.6) is 0 Å². The molecule has 15 heavy (non-hydrogen) atoms. The van der Waals surface area contributed by atoms with Crippen molar-refractivity contribution in [1.29, 1.82) is 0 Å². The van der Waals surface area contributed by atoms with Crippen LogP contribution in [0.1, 0.15) is 0 Å². The Bertz CT molecular complexity index is 599. The summed E-state index contributed by atoms with van der Waals surface area (Å²) in [5.41, 5.74) is 1.18. The molecule has 0 atom stereocenters. The van der Waals surface area contributed by atoms with E-state index >= 15 is 0 Å². The van der Waals surface area contributed by atoms with E-state index in [1.54, 1.807) is 18.3 Å². The van der Waals surface area contributed by atoms with Gasteiger partial charge in [-0.05, 0) is 12.1 Å². The number of hydrogen-bond acceptors (Lipinski definition) is 5. The van der Waals surface area contributed by atoms with Gasteiger partial charge in [-0.2, -0.15) is 25.0 Å². The first-order chi connectivity index (χ1) is 7.34. The van der Waals surface area contributed by atoms with Crippen molar-refractivity contribution in [3.8, 4) is 11.5 Å². The molecule has 0 fully saturated rings. The largest absolute Gasteiger partial charge is 0.207 e. The minimum atomic E-state index is 0.368. The molecular formula is C7H4ClN7. The molecule has 0 aromatic carbocycles. The van der Waals surface area contributed by atoms with Crippen molar-refractivity contribution in [2.24, 2.45) is 0 Å². The van der Waals surface area contributed by atoms with Crippen LogP contribution in [-0.2, 0) is 0 Å². The Kier molecular flexibility index (Phi) is 1.65. The molecule has 0 aliphatic heterocycles. The predicted octanol–water partition coefficient (Wildman–Crippen LogP) is 0.563. The maximum Gasteiger partial charge on any atom is 0.207 e. The zero-order valence-corrected chi connectivity index (χ0v) is 8.05. The normalized spacial score (nSPS) is 11.0. The first kappa shape index (κ1) is 8.30. The number of rotatable bonds is 1. The van der Waals surface area contributed by atoms with Gasteiger partial charge in [0.05, 0.1) is 6.20 Å². The average molecular weight is 222 g/mol. The SMILES string of the molecule is Clc1ccc2nnc(-c3cn[nH]n3)n2n1. The molecule has 8 heteroatoms. The van der Waals surface area contributed by atoms with Crippen LogP contribution in [0, 0.1) is 0 Å². The Balaban J connectivity index is 2.32. The van der Waals surface area contributed by atoms with Crippen molar-refractivity contribution in [3.63, 3.8) is 0 Å². The summed E-state index contributed by atoms with van der Waals surface area (Å²) in [6.07, 6.45) is 1.54. The topological polar surface area (TPSA) is 84.6 Å². The van der Waals surface area contributed by atoms with Crippen molar-refractivity contribution in [1.82, 2.24) is 35.2 Å². The molecule has 0 saturated carbocycles. The highest BCUT2D eigenvalue weighted by Crippen LogP contribution is 2.14. The molecule has 0 aliphatic rings. The lowest BCUT2D eigenvalue weighted by Gasteiger charge is -1.94. The second-order valence-corrected chi connectivity index (χ2v) is 3.19. The highest BCUT2D eigenvalue weighted by Gasteiger charge is 2.11. The van der Waals surface area contributed by atoms with E-state index in [9.17, 15) is 0 Å². The van der Waals surface area contributed by atoms with E-state index in [4.69, 9.17) is 11.6 Å². The van der Waals surface area contributed by atoms with E-state index in [-0.39, 0.29) is 0 Å². The van der Waals surface area contributed by atoms with Gasteiger partial charge in [0.1, 0.15) is 5.15 Å². The number of aromatic amines is 1. The lowest BCUT2D eigenvalue weighted by molar-refractivity contribution is 0.912. The first-order valence-electron chi connectivity index (χ1n) is 4.09. The standard InChI is InChI=1S/C7H4ClN7/c8-5-1-2-6-11-12-7(15(6)13-5)4-3-9-14-10-4/h1-3H,(H,9,10,14). The molecule has 74 valence electrons. The van der Waals surface area contributed by atoms with Crippen molar-refractivity contribution < 1.29 is 0 Å². The number of H-pyrrole nitrogens is 1. The first-order valence-corrected chi connectivity index (χ1v) is 4.46. The van der Waals surface area contributed by atoms with E-state index in [1.165, 1.54) is 4.52 Å². The fraction of sp³-hybridized carbons (Fsp3) is 0. The lowest BCUT2D eigenvalue weighted by Crippen LogP contribution is -1.94. The summed E-state index contributed by atoms with van der Waals surface area (Å²) >= 11 is 5.78. The van der Waals surface area contributed by atoms with Crippen LogP contribution < -0.4 is 0 Å². The molecule has 0 bridgehead atoms. The summed E-state index contributed by atoms with van der Waals surface area (Å²) in [6.45, 7) is 0. The summed E-state index contributed by atoms with van der Waals surface area (Å²) in [6, 6.07) is 3.38. The summed E-state index contributed by atoms with van der Waals surface area (Å²) in [5.74, 6) is 0.501. The molecule has 0 radical (unpaired) electrons. The summed E-state index contributed by atoms with van der Waals surface area (Å²) < 4.78 is 1.51. The summed E-state index contributed by atoms with van der Waals surface area (Å²) in [4.78, 5) is 0. The Morgan fingerprint density at radius 1 is 1.27 bits per heavy atom. The fourth-order valence-corrected chi connectivity index (χ4v) is 1.37. The molecule has 0 unspecified atom stereocenters. The molecule has 3 heterocycles. The number of fused-ring (bicyclic) bond motifs is 1. The van der Waals surface area contributed by atoms with Gasteiger partial charge < -0.3 is 0 Å². The quantitative estimate of drug-likeness (QED) is 0.649. The number of nitrogens with zero attached hydrogens (tertiary/aromatic N) is 6. The van der Waals surface area contributed by atoms with E-state index in [2.05, 4.69) is 30.7 Å². The van der Waals surface area contributed by atoms with Crippen LogP contribution in [0.2, 0.25) is 5.15 Å².